The number of anilines is 1. The number of aromatic carboxylic acids is 1. The van der Waals surface area contributed by atoms with E-state index in [4.69, 9.17) is 5.11 Å². The molecule has 74 valence electrons. The number of nitrogens with zero attached hydrogens (tertiary/aromatic N) is 2. The first kappa shape index (κ1) is 9.14. The van der Waals surface area contributed by atoms with Crippen LogP contribution in [-0.2, 0) is 4.79 Å². The number of rotatable bonds is 2. The third-order valence-corrected chi connectivity index (χ3v) is 3.02. The van der Waals surface area contributed by atoms with Crippen LogP contribution in [0.3, 0.4) is 0 Å². The number of carboxylic acids is 1. The van der Waals surface area contributed by atoms with Gasteiger partial charge in [0, 0.05) is 13.0 Å². The molecule has 1 amide bonds. The molecule has 0 aliphatic carbocycles. The van der Waals surface area contributed by atoms with Gasteiger partial charge in [-0.1, -0.05) is 11.3 Å². The van der Waals surface area contributed by atoms with E-state index >= 15 is 0 Å². The molecule has 1 saturated heterocycles. The molecule has 5 nitrogen and oxygen atoms in total. The maximum atomic E-state index is 11.3. The van der Waals surface area contributed by atoms with Crippen molar-refractivity contribution in [1.29, 1.82) is 0 Å². The van der Waals surface area contributed by atoms with Gasteiger partial charge in [0.15, 0.2) is 5.13 Å². The molecule has 1 fully saturated rings. The molecule has 2 rings (SSSR count). The van der Waals surface area contributed by atoms with E-state index in [1.807, 2.05) is 0 Å². The van der Waals surface area contributed by atoms with E-state index in [0.717, 1.165) is 17.8 Å². The van der Waals surface area contributed by atoms with Gasteiger partial charge in [-0.15, -0.1) is 0 Å². The van der Waals surface area contributed by atoms with Crippen molar-refractivity contribution in [3.8, 4) is 0 Å². The number of amides is 1. The maximum Gasteiger partial charge on any atom is 0.347 e. The number of hydrogen-bond donors (Lipinski definition) is 1. The summed E-state index contributed by atoms with van der Waals surface area (Å²) in [6.45, 7) is 0.644. The van der Waals surface area contributed by atoms with Crippen LogP contribution in [0.5, 0.6) is 0 Å². The van der Waals surface area contributed by atoms with Gasteiger partial charge in [-0.05, 0) is 6.42 Å². The number of aromatic nitrogens is 1. The quantitative estimate of drug-likeness (QED) is 0.792. The minimum atomic E-state index is -1.000. The highest BCUT2D eigenvalue weighted by molar-refractivity contribution is 7.17. The van der Waals surface area contributed by atoms with Crippen LogP contribution in [0.15, 0.2) is 6.20 Å². The summed E-state index contributed by atoms with van der Waals surface area (Å²) in [5.74, 6) is -0.975. The van der Waals surface area contributed by atoms with Crippen molar-refractivity contribution in [3.63, 3.8) is 0 Å². The van der Waals surface area contributed by atoms with Crippen LogP contribution in [0.4, 0.5) is 5.13 Å². The zero-order chi connectivity index (χ0) is 10.1. The Morgan fingerprint density at radius 2 is 2.43 bits per heavy atom. The van der Waals surface area contributed by atoms with Crippen LogP contribution in [-0.4, -0.2) is 28.5 Å². The smallest absolute Gasteiger partial charge is 0.347 e. The molecule has 0 saturated carbocycles. The molecule has 1 aliphatic heterocycles. The summed E-state index contributed by atoms with van der Waals surface area (Å²) in [5, 5.41) is 9.16. The van der Waals surface area contributed by atoms with Gasteiger partial charge >= 0.3 is 5.97 Å². The maximum absolute atomic E-state index is 11.3. The Labute approximate surface area is 84.0 Å². The SMILES string of the molecule is O=C(O)c1cnc(N2CCCC2=O)s1. The van der Waals surface area contributed by atoms with Crippen LogP contribution in [0, 0.1) is 0 Å². The molecule has 14 heavy (non-hydrogen) atoms. The summed E-state index contributed by atoms with van der Waals surface area (Å²) in [5.41, 5.74) is 0. The summed E-state index contributed by atoms with van der Waals surface area (Å²) in [6, 6.07) is 0. The first-order valence-electron chi connectivity index (χ1n) is 4.18. The van der Waals surface area contributed by atoms with Crippen LogP contribution >= 0.6 is 11.3 Å². The molecular formula is C8H8N2O3S. The van der Waals surface area contributed by atoms with Crippen LogP contribution in [0.25, 0.3) is 0 Å². The summed E-state index contributed by atoms with van der Waals surface area (Å²) in [7, 11) is 0. The normalized spacial score (nSPS) is 16.3. The molecule has 2 heterocycles. The molecule has 1 aromatic rings. The standard InChI is InChI=1S/C8H8N2O3S/c11-6-2-1-3-10(6)8-9-4-5(14-8)7(12)13/h4H,1-3H2,(H,12,13). The lowest BCUT2D eigenvalue weighted by Gasteiger charge is -2.09. The van der Waals surface area contributed by atoms with E-state index in [-0.39, 0.29) is 10.8 Å². The molecule has 0 unspecified atom stereocenters. The second kappa shape index (κ2) is 3.38. The summed E-state index contributed by atoms with van der Waals surface area (Å²) < 4.78 is 0. The van der Waals surface area contributed by atoms with E-state index < -0.39 is 5.97 Å². The Hall–Kier alpha value is -1.43. The van der Waals surface area contributed by atoms with Gasteiger partial charge in [-0.2, -0.15) is 0 Å². The summed E-state index contributed by atoms with van der Waals surface area (Å²) in [6.07, 6.45) is 2.64. The van der Waals surface area contributed by atoms with E-state index in [9.17, 15) is 9.59 Å². The predicted molar refractivity (Wildman–Crippen MR) is 50.7 cm³/mol. The van der Waals surface area contributed by atoms with Crippen molar-refractivity contribution in [2.24, 2.45) is 0 Å². The topological polar surface area (TPSA) is 70.5 Å². The Bertz CT molecular complexity index is 388. The zero-order valence-corrected chi connectivity index (χ0v) is 8.08. The van der Waals surface area contributed by atoms with Gasteiger partial charge in [0.1, 0.15) is 4.88 Å². The largest absolute Gasteiger partial charge is 0.477 e. The van der Waals surface area contributed by atoms with Gasteiger partial charge in [0.05, 0.1) is 6.20 Å². The molecule has 0 bridgehead atoms. The highest BCUT2D eigenvalue weighted by Gasteiger charge is 2.24. The number of hydrogen-bond acceptors (Lipinski definition) is 4. The predicted octanol–water partition coefficient (Wildman–Crippen LogP) is 0.968. The van der Waals surface area contributed by atoms with E-state index in [2.05, 4.69) is 4.98 Å². The fraction of sp³-hybridized carbons (Fsp3) is 0.375. The van der Waals surface area contributed by atoms with Gasteiger partial charge in [-0.25, -0.2) is 9.78 Å². The molecule has 6 heteroatoms. The number of thiazole rings is 1. The molecule has 1 aliphatic rings. The van der Waals surface area contributed by atoms with E-state index in [1.54, 1.807) is 0 Å². The summed E-state index contributed by atoms with van der Waals surface area (Å²) in [4.78, 5) is 27.5. The molecule has 0 aromatic carbocycles. The Morgan fingerprint density at radius 1 is 1.64 bits per heavy atom. The van der Waals surface area contributed by atoms with Crippen molar-refractivity contribution in [3.05, 3.63) is 11.1 Å². The minimum absolute atomic E-state index is 0.0243. The Balaban J connectivity index is 2.24. The number of carbonyl (C=O) groups is 2. The van der Waals surface area contributed by atoms with Crippen LogP contribution < -0.4 is 4.90 Å². The number of carbonyl (C=O) groups excluding carboxylic acids is 1. The monoisotopic (exact) mass is 212 g/mol. The highest BCUT2D eigenvalue weighted by Crippen LogP contribution is 2.26. The van der Waals surface area contributed by atoms with Gasteiger partial charge in [0.2, 0.25) is 5.91 Å². The van der Waals surface area contributed by atoms with E-state index in [1.165, 1.54) is 11.1 Å². The first-order chi connectivity index (χ1) is 6.68. The molecule has 0 spiro atoms. The highest BCUT2D eigenvalue weighted by atomic mass is 32.1. The van der Waals surface area contributed by atoms with Crippen molar-refractivity contribution in [1.82, 2.24) is 4.98 Å². The Morgan fingerprint density at radius 3 is 2.93 bits per heavy atom. The van der Waals surface area contributed by atoms with Crippen molar-refractivity contribution in [2.75, 3.05) is 11.4 Å². The average Bonchev–Trinajstić information content (AvgIpc) is 2.71. The average molecular weight is 212 g/mol. The van der Waals surface area contributed by atoms with Crippen molar-refractivity contribution < 1.29 is 14.7 Å². The first-order valence-corrected chi connectivity index (χ1v) is 4.99. The molecule has 0 radical (unpaired) electrons. The van der Waals surface area contributed by atoms with Crippen LogP contribution in [0.1, 0.15) is 22.5 Å². The molecular weight excluding hydrogens is 204 g/mol. The fourth-order valence-corrected chi connectivity index (χ4v) is 2.14. The number of carboxylic acid groups (broad SMARTS) is 1. The lowest BCUT2D eigenvalue weighted by atomic mass is 10.4. The lowest BCUT2D eigenvalue weighted by molar-refractivity contribution is -0.117. The minimum Gasteiger partial charge on any atom is -0.477 e. The third-order valence-electron chi connectivity index (χ3n) is 2.01. The second-order valence-electron chi connectivity index (χ2n) is 2.96. The molecule has 1 aromatic heterocycles. The molecule has 0 atom stereocenters. The van der Waals surface area contributed by atoms with Gasteiger partial charge < -0.3 is 5.11 Å². The van der Waals surface area contributed by atoms with Crippen molar-refractivity contribution in [2.45, 2.75) is 12.8 Å². The van der Waals surface area contributed by atoms with E-state index in [0.29, 0.717) is 18.1 Å². The zero-order valence-electron chi connectivity index (χ0n) is 7.27. The third kappa shape index (κ3) is 1.48. The van der Waals surface area contributed by atoms with Gasteiger partial charge in [0.25, 0.3) is 0 Å². The lowest BCUT2D eigenvalue weighted by Crippen LogP contribution is -2.23. The Kier molecular flexibility index (Phi) is 2.20. The fourth-order valence-electron chi connectivity index (χ4n) is 1.34. The van der Waals surface area contributed by atoms with Crippen LogP contribution in [0.2, 0.25) is 0 Å². The van der Waals surface area contributed by atoms with Gasteiger partial charge in [-0.3, -0.25) is 9.69 Å². The molecule has 1 N–H and O–H groups in total. The van der Waals surface area contributed by atoms with Crippen molar-refractivity contribution >= 4 is 28.3 Å². The second-order valence-corrected chi connectivity index (χ2v) is 3.97. The summed E-state index contributed by atoms with van der Waals surface area (Å²) >= 11 is 1.04.